The Morgan fingerprint density at radius 3 is 2.64 bits per heavy atom. The minimum Gasteiger partial charge on any atom is -0.465 e. The van der Waals surface area contributed by atoms with Crippen molar-refractivity contribution in [3.63, 3.8) is 0 Å². The summed E-state index contributed by atoms with van der Waals surface area (Å²) in [5, 5.41) is 0.877. The first-order chi connectivity index (χ1) is 5.16. The number of halogens is 1. The van der Waals surface area contributed by atoms with Crippen LogP contribution in [0.2, 0.25) is 0 Å². The average Bonchev–Trinajstić information content (AvgIpc) is 1.86. The molecule has 0 aliphatic heterocycles. The molecule has 0 saturated heterocycles. The minimum absolute atomic E-state index is 0.157. The topological polar surface area (TPSA) is 29.5 Å². The number of nitrogens with zero attached hydrogens (tertiary/aromatic N) is 1. The first kappa shape index (κ1) is 10.9. The zero-order valence-electron chi connectivity index (χ0n) is 6.97. The molecule has 0 amide bonds. The van der Waals surface area contributed by atoms with E-state index in [9.17, 15) is 4.79 Å². The Balaban J connectivity index is 3.23. The van der Waals surface area contributed by atoms with Crippen LogP contribution in [0.25, 0.3) is 0 Å². The lowest BCUT2D eigenvalue weighted by Gasteiger charge is -2.08. The fourth-order valence-corrected chi connectivity index (χ4v) is 0.773. The van der Waals surface area contributed by atoms with E-state index in [-0.39, 0.29) is 5.97 Å². The van der Waals surface area contributed by atoms with E-state index < -0.39 is 0 Å². The van der Waals surface area contributed by atoms with Gasteiger partial charge in [-0.3, -0.25) is 9.69 Å². The van der Waals surface area contributed by atoms with Crippen LogP contribution in [0.1, 0.15) is 6.42 Å². The van der Waals surface area contributed by atoms with E-state index in [0.717, 1.165) is 11.8 Å². The van der Waals surface area contributed by atoms with E-state index in [1.807, 2.05) is 14.1 Å². The number of likely N-dealkylation sites (N-methyl/N-ethyl adjacent to an activating group) is 1. The van der Waals surface area contributed by atoms with Gasteiger partial charge in [-0.1, -0.05) is 15.9 Å². The Labute approximate surface area is 75.8 Å². The molecule has 0 spiro atoms. The molecular weight excluding hydrogens is 210 g/mol. The highest BCUT2D eigenvalue weighted by Gasteiger charge is 2.02. The van der Waals surface area contributed by atoms with Crippen molar-refractivity contribution in [2.45, 2.75) is 6.42 Å². The van der Waals surface area contributed by atoms with Gasteiger partial charge >= 0.3 is 5.97 Å². The molecule has 0 bridgehead atoms. The van der Waals surface area contributed by atoms with Gasteiger partial charge in [-0.05, 0) is 20.5 Å². The predicted molar refractivity (Wildman–Crippen MR) is 47.9 cm³/mol. The Bertz CT molecular complexity index is 117. The van der Waals surface area contributed by atoms with Crippen LogP contribution < -0.4 is 0 Å². The van der Waals surface area contributed by atoms with Crippen molar-refractivity contribution < 1.29 is 9.53 Å². The second kappa shape index (κ2) is 6.61. The van der Waals surface area contributed by atoms with Crippen molar-refractivity contribution in [2.75, 3.05) is 32.6 Å². The smallest absolute Gasteiger partial charge is 0.320 e. The van der Waals surface area contributed by atoms with Crippen LogP contribution in [0.4, 0.5) is 0 Å². The molecule has 0 aromatic rings. The van der Waals surface area contributed by atoms with Crippen molar-refractivity contribution in [3.05, 3.63) is 0 Å². The standard InChI is InChI=1S/C7H14BrNO2/c1-9(2)6-7(10)11-5-3-4-8/h3-6H2,1-2H3. The van der Waals surface area contributed by atoms with Crippen molar-refractivity contribution in [2.24, 2.45) is 0 Å². The third kappa shape index (κ3) is 7.81. The highest BCUT2D eigenvalue weighted by molar-refractivity contribution is 9.09. The van der Waals surface area contributed by atoms with Gasteiger partial charge in [0, 0.05) is 5.33 Å². The second-order valence-electron chi connectivity index (χ2n) is 2.50. The van der Waals surface area contributed by atoms with Crippen LogP contribution in [-0.2, 0) is 9.53 Å². The number of hydrogen-bond donors (Lipinski definition) is 0. The van der Waals surface area contributed by atoms with Crippen LogP contribution >= 0.6 is 15.9 Å². The summed E-state index contributed by atoms with van der Waals surface area (Å²) >= 11 is 3.25. The first-order valence-corrected chi connectivity index (χ1v) is 4.65. The summed E-state index contributed by atoms with van der Waals surface area (Å²) in [6.07, 6.45) is 0.874. The van der Waals surface area contributed by atoms with Crippen molar-refractivity contribution in [3.8, 4) is 0 Å². The van der Waals surface area contributed by atoms with Gasteiger partial charge in [0.2, 0.25) is 0 Å². The van der Waals surface area contributed by atoms with Crippen LogP contribution in [0, 0.1) is 0 Å². The largest absolute Gasteiger partial charge is 0.465 e. The van der Waals surface area contributed by atoms with Crippen molar-refractivity contribution >= 4 is 21.9 Å². The van der Waals surface area contributed by atoms with Crippen LogP contribution in [0.5, 0.6) is 0 Å². The normalized spacial score (nSPS) is 10.2. The fourth-order valence-electron chi connectivity index (χ4n) is 0.544. The van der Waals surface area contributed by atoms with Crippen LogP contribution in [0.15, 0.2) is 0 Å². The average molecular weight is 224 g/mol. The number of esters is 1. The summed E-state index contributed by atoms with van der Waals surface area (Å²) in [5.74, 6) is -0.157. The van der Waals surface area contributed by atoms with E-state index in [0.29, 0.717) is 13.2 Å². The molecule has 66 valence electrons. The van der Waals surface area contributed by atoms with E-state index in [1.165, 1.54) is 0 Å². The maximum absolute atomic E-state index is 10.8. The monoisotopic (exact) mass is 223 g/mol. The van der Waals surface area contributed by atoms with E-state index in [2.05, 4.69) is 15.9 Å². The Kier molecular flexibility index (Phi) is 6.56. The Morgan fingerprint density at radius 1 is 1.55 bits per heavy atom. The van der Waals surface area contributed by atoms with Crippen molar-refractivity contribution in [1.29, 1.82) is 0 Å². The summed E-state index contributed by atoms with van der Waals surface area (Å²) in [6, 6.07) is 0. The third-order valence-corrected chi connectivity index (χ3v) is 1.55. The highest BCUT2D eigenvalue weighted by atomic mass is 79.9. The fraction of sp³-hybridized carbons (Fsp3) is 0.857. The van der Waals surface area contributed by atoms with Gasteiger partial charge in [0.15, 0.2) is 0 Å². The van der Waals surface area contributed by atoms with Gasteiger partial charge in [-0.2, -0.15) is 0 Å². The van der Waals surface area contributed by atoms with Gasteiger partial charge in [0.25, 0.3) is 0 Å². The predicted octanol–water partition coefficient (Wildman–Crippen LogP) is 0.876. The number of carbonyl (C=O) groups is 1. The Morgan fingerprint density at radius 2 is 2.18 bits per heavy atom. The molecule has 0 aliphatic carbocycles. The lowest BCUT2D eigenvalue weighted by atomic mass is 10.5. The van der Waals surface area contributed by atoms with Gasteiger partial charge in [0.1, 0.15) is 0 Å². The molecule has 3 nitrogen and oxygen atoms in total. The molecule has 11 heavy (non-hydrogen) atoms. The molecular formula is C7H14BrNO2. The molecule has 0 aromatic carbocycles. The maximum atomic E-state index is 10.8. The quantitative estimate of drug-likeness (QED) is 0.394. The van der Waals surface area contributed by atoms with Crippen LogP contribution in [-0.4, -0.2) is 43.4 Å². The zero-order valence-corrected chi connectivity index (χ0v) is 8.56. The number of ether oxygens (including phenoxy) is 1. The summed E-state index contributed by atoms with van der Waals surface area (Å²) in [5.41, 5.74) is 0. The van der Waals surface area contributed by atoms with Crippen molar-refractivity contribution in [1.82, 2.24) is 4.90 Å². The highest BCUT2D eigenvalue weighted by Crippen LogP contribution is 1.89. The molecule has 0 atom stereocenters. The van der Waals surface area contributed by atoms with Gasteiger partial charge < -0.3 is 4.74 Å². The zero-order chi connectivity index (χ0) is 8.69. The minimum atomic E-state index is -0.157. The molecule has 0 aliphatic rings. The molecule has 0 fully saturated rings. The molecule has 0 aromatic heterocycles. The molecule has 0 rings (SSSR count). The second-order valence-corrected chi connectivity index (χ2v) is 3.29. The van der Waals surface area contributed by atoms with E-state index >= 15 is 0 Å². The third-order valence-electron chi connectivity index (χ3n) is 0.986. The summed E-state index contributed by atoms with van der Waals surface area (Å²) in [6.45, 7) is 0.875. The lowest BCUT2D eigenvalue weighted by molar-refractivity contribution is -0.144. The summed E-state index contributed by atoms with van der Waals surface area (Å²) < 4.78 is 4.88. The van der Waals surface area contributed by atoms with Gasteiger partial charge in [-0.25, -0.2) is 0 Å². The number of rotatable bonds is 5. The summed E-state index contributed by atoms with van der Waals surface area (Å²) in [7, 11) is 3.68. The molecule has 0 unspecified atom stereocenters. The lowest BCUT2D eigenvalue weighted by Crippen LogP contribution is -2.23. The molecule has 0 N–H and O–H groups in total. The number of carbonyl (C=O) groups excluding carboxylic acids is 1. The molecule has 0 heterocycles. The molecule has 0 radical (unpaired) electrons. The maximum Gasteiger partial charge on any atom is 0.320 e. The van der Waals surface area contributed by atoms with Gasteiger partial charge in [0.05, 0.1) is 13.2 Å². The van der Waals surface area contributed by atoms with Crippen LogP contribution in [0.3, 0.4) is 0 Å². The Hall–Kier alpha value is -0.0900. The van der Waals surface area contributed by atoms with E-state index in [1.54, 1.807) is 4.90 Å². The first-order valence-electron chi connectivity index (χ1n) is 3.53. The summed E-state index contributed by atoms with van der Waals surface area (Å²) in [4.78, 5) is 12.6. The number of hydrogen-bond acceptors (Lipinski definition) is 3. The SMILES string of the molecule is CN(C)CC(=O)OCCCBr. The molecule has 0 saturated carbocycles. The number of alkyl halides is 1. The van der Waals surface area contributed by atoms with Gasteiger partial charge in [-0.15, -0.1) is 0 Å². The molecule has 4 heteroatoms. The van der Waals surface area contributed by atoms with E-state index in [4.69, 9.17) is 4.74 Å².